The van der Waals surface area contributed by atoms with Gasteiger partial charge in [-0.15, -0.1) is 0 Å². The van der Waals surface area contributed by atoms with E-state index in [-0.39, 0.29) is 18.4 Å². The smallest absolute Gasteiger partial charge is 0.270 e. The maximum absolute atomic E-state index is 12.8. The highest BCUT2D eigenvalue weighted by Gasteiger charge is 2.33. The molecule has 1 aromatic carbocycles. The number of nitriles is 1. The zero-order valence-electron chi connectivity index (χ0n) is 17.3. The number of nitrogens with zero attached hydrogens (tertiary/aromatic N) is 3. The molecule has 1 saturated heterocycles. The predicted octanol–water partition coefficient (Wildman–Crippen LogP) is 2.66. The largest absolute Gasteiger partial charge is 0.351 e. The van der Waals surface area contributed by atoms with Gasteiger partial charge in [0.2, 0.25) is 5.91 Å². The number of benzene rings is 1. The molecule has 0 bridgehead atoms. The molecule has 2 aliphatic rings. The number of hydrogen-bond acceptors (Lipinski definition) is 4. The van der Waals surface area contributed by atoms with E-state index in [1.54, 1.807) is 0 Å². The molecule has 158 valence electrons. The number of aromatic amines is 1. The molecule has 4 rings (SSSR count). The maximum atomic E-state index is 12.8. The summed E-state index contributed by atoms with van der Waals surface area (Å²) in [7, 11) is 0. The van der Waals surface area contributed by atoms with Crippen LogP contribution in [0, 0.1) is 11.3 Å². The number of H-pyrrole nitrogens is 1. The third-order valence-corrected chi connectivity index (χ3v) is 6.34. The van der Waals surface area contributed by atoms with Crippen LogP contribution < -0.4 is 5.32 Å². The van der Waals surface area contributed by atoms with Gasteiger partial charge in [0, 0.05) is 37.1 Å². The van der Waals surface area contributed by atoms with Gasteiger partial charge < -0.3 is 15.2 Å². The molecular weight excluding hydrogens is 378 g/mol. The summed E-state index contributed by atoms with van der Waals surface area (Å²) in [4.78, 5) is 32.5. The molecule has 7 nitrogen and oxygen atoms in total. The Bertz CT molecular complexity index is 911. The molecule has 2 N–H and O–H groups in total. The zero-order chi connectivity index (χ0) is 21.0. The molecule has 7 heteroatoms. The topological polar surface area (TPSA) is 92.2 Å². The predicted molar refractivity (Wildman–Crippen MR) is 115 cm³/mol. The summed E-state index contributed by atoms with van der Waals surface area (Å²) >= 11 is 0. The van der Waals surface area contributed by atoms with Crippen molar-refractivity contribution in [1.82, 2.24) is 20.1 Å². The van der Waals surface area contributed by atoms with Crippen molar-refractivity contribution in [3.63, 3.8) is 0 Å². The standard InChI is InChI=1S/C23H29N5O2/c24-17-23(9-5-1-2-6-10-23)26-21(29)16-27-11-13-28(14-12-27)22(30)20-15-18-7-3-4-8-19(18)25-20/h3-4,7-8,15,25H,1-2,5-6,9-14,16H2,(H,26,29). The number of nitrogens with one attached hydrogen (secondary N) is 2. The van der Waals surface area contributed by atoms with Crippen LogP contribution in [-0.4, -0.2) is 64.9 Å². The van der Waals surface area contributed by atoms with E-state index < -0.39 is 5.54 Å². The van der Waals surface area contributed by atoms with Crippen LogP contribution >= 0.6 is 0 Å². The van der Waals surface area contributed by atoms with Crippen molar-refractivity contribution < 1.29 is 9.59 Å². The fraction of sp³-hybridized carbons (Fsp3) is 0.522. The van der Waals surface area contributed by atoms with Crippen molar-refractivity contribution in [3.8, 4) is 6.07 Å². The van der Waals surface area contributed by atoms with E-state index in [9.17, 15) is 14.9 Å². The summed E-state index contributed by atoms with van der Waals surface area (Å²) in [5, 5.41) is 13.7. The first-order valence-corrected chi connectivity index (χ1v) is 10.9. The van der Waals surface area contributed by atoms with Gasteiger partial charge >= 0.3 is 0 Å². The van der Waals surface area contributed by atoms with E-state index in [1.165, 1.54) is 0 Å². The number of hydrogen-bond donors (Lipinski definition) is 2. The third-order valence-electron chi connectivity index (χ3n) is 6.34. The van der Waals surface area contributed by atoms with Gasteiger partial charge in [0.15, 0.2) is 0 Å². The van der Waals surface area contributed by atoms with Gasteiger partial charge in [0.25, 0.3) is 5.91 Å². The lowest BCUT2D eigenvalue weighted by molar-refractivity contribution is -0.124. The average Bonchev–Trinajstić information content (AvgIpc) is 3.07. The molecule has 1 aliphatic heterocycles. The number of amides is 2. The first kappa shape index (κ1) is 20.4. The second-order valence-corrected chi connectivity index (χ2v) is 8.49. The van der Waals surface area contributed by atoms with E-state index in [1.807, 2.05) is 35.2 Å². The Hall–Kier alpha value is -2.85. The number of aromatic nitrogens is 1. The molecule has 0 unspecified atom stereocenters. The minimum atomic E-state index is -0.707. The SMILES string of the molecule is N#CC1(NC(=O)CN2CCN(C(=O)c3cc4ccccc4[nH]3)CC2)CCCCCC1. The molecule has 1 saturated carbocycles. The average molecular weight is 408 g/mol. The van der Waals surface area contributed by atoms with Gasteiger partial charge in [-0.25, -0.2) is 0 Å². The molecular formula is C23H29N5O2. The van der Waals surface area contributed by atoms with Gasteiger partial charge in [-0.05, 0) is 25.0 Å². The minimum Gasteiger partial charge on any atom is -0.351 e. The van der Waals surface area contributed by atoms with Crippen molar-refractivity contribution in [2.24, 2.45) is 0 Å². The second-order valence-electron chi connectivity index (χ2n) is 8.49. The van der Waals surface area contributed by atoms with E-state index in [4.69, 9.17) is 0 Å². The van der Waals surface area contributed by atoms with Gasteiger partial charge in [0.1, 0.15) is 11.2 Å². The highest BCUT2D eigenvalue weighted by atomic mass is 16.2. The lowest BCUT2D eigenvalue weighted by Gasteiger charge is -2.35. The normalized spacial score (nSPS) is 19.8. The molecule has 1 aliphatic carbocycles. The van der Waals surface area contributed by atoms with Crippen LogP contribution in [0.25, 0.3) is 10.9 Å². The zero-order valence-corrected chi connectivity index (χ0v) is 17.3. The van der Waals surface area contributed by atoms with Crippen LogP contribution in [0.3, 0.4) is 0 Å². The van der Waals surface area contributed by atoms with Crippen molar-refractivity contribution in [2.75, 3.05) is 32.7 Å². The first-order valence-electron chi connectivity index (χ1n) is 10.9. The number of fused-ring (bicyclic) bond motifs is 1. The van der Waals surface area contributed by atoms with Crippen molar-refractivity contribution in [2.45, 2.75) is 44.1 Å². The molecule has 2 amide bonds. The molecule has 2 aromatic rings. The van der Waals surface area contributed by atoms with Crippen molar-refractivity contribution in [1.29, 1.82) is 5.26 Å². The molecule has 2 heterocycles. The van der Waals surface area contributed by atoms with Crippen molar-refractivity contribution >= 4 is 22.7 Å². The van der Waals surface area contributed by atoms with Crippen LogP contribution in [-0.2, 0) is 4.79 Å². The molecule has 2 fully saturated rings. The van der Waals surface area contributed by atoms with Crippen LogP contribution in [0.5, 0.6) is 0 Å². The van der Waals surface area contributed by atoms with E-state index in [2.05, 4.69) is 21.3 Å². The summed E-state index contributed by atoms with van der Waals surface area (Å²) in [6.07, 6.45) is 5.71. The Morgan fingerprint density at radius 3 is 2.43 bits per heavy atom. The third kappa shape index (κ3) is 4.49. The first-order chi connectivity index (χ1) is 14.6. The number of carbonyl (C=O) groups excluding carboxylic acids is 2. The lowest BCUT2D eigenvalue weighted by Crippen LogP contribution is -2.54. The fourth-order valence-corrected chi connectivity index (χ4v) is 4.57. The molecule has 0 radical (unpaired) electrons. The highest BCUT2D eigenvalue weighted by molar-refractivity contribution is 5.98. The molecule has 0 spiro atoms. The number of piperazine rings is 1. The Morgan fingerprint density at radius 2 is 1.77 bits per heavy atom. The second kappa shape index (κ2) is 8.88. The van der Waals surface area contributed by atoms with E-state index in [0.717, 1.165) is 49.4 Å². The fourth-order valence-electron chi connectivity index (χ4n) is 4.57. The highest BCUT2D eigenvalue weighted by Crippen LogP contribution is 2.26. The van der Waals surface area contributed by atoms with E-state index in [0.29, 0.717) is 31.9 Å². The van der Waals surface area contributed by atoms with Crippen LogP contribution in [0.1, 0.15) is 49.0 Å². The monoisotopic (exact) mass is 407 g/mol. The summed E-state index contributed by atoms with van der Waals surface area (Å²) < 4.78 is 0. The van der Waals surface area contributed by atoms with Gasteiger partial charge in [0.05, 0.1) is 12.6 Å². The Balaban J connectivity index is 1.29. The summed E-state index contributed by atoms with van der Waals surface area (Å²) in [6.45, 7) is 2.76. The van der Waals surface area contributed by atoms with Gasteiger partial charge in [-0.3, -0.25) is 14.5 Å². The molecule has 1 aromatic heterocycles. The van der Waals surface area contributed by atoms with Crippen LogP contribution in [0.15, 0.2) is 30.3 Å². The number of para-hydroxylation sites is 1. The van der Waals surface area contributed by atoms with Gasteiger partial charge in [-0.1, -0.05) is 43.9 Å². The Morgan fingerprint density at radius 1 is 1.07 bits per heavy atom. The van der Waals surface area contributed by atoms with Gasteiger partial charge in [-0.2, -0.15) is 5.26 Å². The maximum Gasteiger partial charge on any atom is 0.270 e. The van der Waals surface area contributed by atoms with Crippen LogP contribution in [0.4, 0.5) is 0 Å². The summed E-state index contributed by atoms with van der Waals surface area (Å²) in [5.41, 5.74) is 0.855. The Labute approximate surface area is 177 Å². The van der Waals surface area contributed by atoms with Crippen LogP contribution in [0.2, 0.25) is 0 Å². The summed E-state index contributed by atoms with van der Waals surface area (Å²) in [5.74, 6) is -0.0916. The number of carbonyl (C=O) groups is 2. The summed E-state index contributed by atoms with van der Waals surface area (Å²) in [6, 6.07) is 12.1. The minimum absolute atomic E-state index is 0.00260. The number of rotatable bonds is 4. The lowest BCUT2D eigenvalue weighted by atomic mass is 9.92. The van der Waals surface area contributed by atoms with E-state index >= 15 is 0 Å². The molecule has 0 atom stereocenters. The van der Waals surface area contributed by atoms with Crippen molar-refractivity contribution in [3.05, 3.63) is 36.0 Å². The Kier molecular flexibility index (Phi) is 6.05. The quantitative estimate of drug-likeness (QED) is 0.762. The molecule has 30 heavy (non-hydrogen) atoms.